The van der Waals surface area contributed by atoms with Gasteiger partial charge in [-0.1, -0.05) is 18.2 Å². The van der Waals surface area contributed by atoms with E-state index in [1.54, 1.807) is 0 Å². The average molecular weight is 609 g/mol. The standard InChI is InChI=1S/C37H44N4O4/c1-24-20-28-32(22-30(24)39-16-10-6-11-17-39)44-33-23-31(40-18-12-7-13-19-40)25(2)21-29(33)37(28)27-15-9-8-14-26(27)34(42)41(37)38-35(43)45-36(3,4)5/h8-9,14-15,20-23H,6-7,10-13,16-19H2,1-5H3,(H,38,43). The van der Waals surface area contributed by atoms with Gasteiger partial charge in [0.1, 0.15) is 22.6 Å². The minimum absolute atomic E-state index is 0.286. The number of hydrogen-bond acceptors (Lipinski definition) is 6. The van der Waals surface area contributed by atoms with Crippen molar-refractivity contribution in [2.45, 2.75) is 84.3 Å². The van der Waals surface area contributed by atoms with Crippen LogP contribution in [0.15, 0.2) is 48.5 Å². The molecule has 8 heteroatoms. The first-order valence-electron chi connectivity index (χ1n) is 16.5. The Hall–Kier alpha value is -4.20. The second-order valence-corrected chi connectivity index (χ2v) is 14.0. The van der Waals surface area contributed by atoms with Crippen LogP contribution in [0.3, 0.4) is 0 Å². The highest BCUT2D eigenvalue weighted by Gasteiger charge is 2.58. The Labute approximate surface area is 266 Å². The molecule has 2 fully saturated rings. The number of nitrogens with one attached hydrogen (secondary N) is 1. The number of rotatable bonds is 3. The molecule has 4 aliphatic rings. The summed E-state index contributed by atoms with van der Waals surface area (Å²) in [7, 11) is 0. The number of anilines is 2. The molecule has 0 aromatic heterocycles. The van der Waals surface area contributed by atoms with Crippen LogP contribution in [0.25, 0.3) is 0 Å². The minimum Gasteiger partial charge on any atom is -0.456 e. The van der Waals surface area contributed by atoms with Gasteiger partial charge < -0.3 is 19.3 Å². The second-order valence-electron chi connectivity index (χ2n) is 14.0. The Morgan fingerprint density at radius 2 is 1.29 bits per heavy atom. The van der Waals surface area contributed by atoms with Crippen LogP contribution in [-0.4, -0.2) is 48.8 Å². The smallest absolute Gasteiger partial charge is 0.426 e. The van der Waals surface area contributed by atoms with E-state index in [9.17, 15) is 9.59 Å². The lowest BCUT2D eigenvalue weighted by Gasteiger charge is -2.45. The van der Waals surface area contributed by atoms with Crippen molar-refractivity contribution in [2.24, 2.45) is 0 Å². The largest absolute Gasteiger partial charge is 0.456 e. The molecule has 0 bridgehead atoms. The molecule has 2 amide bonds. The van der Waals surface area contributed by atoms with Crippen LogP contribution in [0.1, 0.15) is 97.5 Å². The van der Waals surface area contributed by atoms with Crippen molar-refractivity contribution < 1.29 is 19.1 Å². The fraction of sp³-hybridized carbons (Fsp3) is 0.459. The zero-order valence-electron chi connectivity index (χ0n) is 27.2. The lowest BCUT2D eigenvalue weighted by atomic mass is 9.74. The first kappa shape index (κ1) is 29.5. The summed E-state index contributed by atoms with van der Waals surface area (Å²) in [5, 5.41) is 1.49. The second kappa shape index (κ2) is 11.0. The number of benzene rings is 3. The van der Waals surface area contributed by atoms with Crippen LogP contribution >= 0.6 is 0 Å². The lowest BCUT2D eigenvalue weighted by Crippen LogP contribution is -2.56. The summed E-state index contributed by atoms with van der Waals surface area (Å²) in [6.45, 7) is 13.7. The summed E-state index contributed by atoms with van der Waals surface area (Å²) < 4.78 is 12.6. The Kier molecular flexibility index (Phi) is 7.21. The Balaban J connectivity index is 1.48. The summed E-state index contributed by atoms with van der Waals surface area (Å²) in [6, 6.07) is 16.3. The number of hydrogen-bond donors (Lipinski definition) is 1. The van der Waals surface area contributed by atoms with Gasteiger partial charge in [0.05, 0.1) is 0 Å². The van der Waals surface area contributed by atoms with Gasteiger partial charge in [-0.2, -0.15) is 0 Å². The van der Waals surface area contributed by atoms with E-state index in [2.05, 4.69) is 53.3 Å². The molecule has 0 aliphatic carbocycles. The number of carbonyl (C=O) groups is 2. The van der Waals surface area contributed by atoms with E-state index in [4.69, 9.17) is 9.47 Å². The van der Waals surface area contributed by atoms with E-state index in [0.29, 0.717) is 17.1 Å². The van der Waals surface area contributed by atoms with Crippen molar-refractivity contribution in [3.8, 4) is 11.5 Å². The maximum atomic E-state index is 14.4. The first-order chi connectivity index (χ1) is 21.6. The van der Waals surface area contributed by atoms with Crippen molar-refractivity contribution in [1.82, 2.24) is 10.4 Å². The molecular weight excluding hydrogens is 564 g/mol. The molecule has 1 spiro atoms. The molecule has 1 N–H and O–H groups in total. The molecule has 3 aromatic carbocycles. The average Bonchev–Trinajstić information content (AvgIpc) is 3.25. The topological polar surface area (TPSA) is 74.4 Å². The molecule has 236 valence electrons. The molecule has 4 aliphatic heterocycles. The highest BCUT2D eigenvalue weighted by molar-refractivity contribution is 6.03. The van der Waals surface area contributed by atoms with E-state index in [-0.39, 0.29) is 5.91 Å². The van der Waals surface area contributed by atoms with Crippen LogP contribution in [-0.2, 0) is 10.3 Å². The maximum absolute atomic E-state index is 14.4. The molecule has 2 saturated heterocycles. The van der Waals surface area contributed by atoms with Gasteiger partial charge in [-0.15, -0.1) is 0 Å². The molecule has 4 heterocycles. The number of fused-ring (bicyclic) bond motifs is 6. The van der Waals surface area contributed by atoms with Gasteiger partial charge in [-0.05, 0) is 102 Å². The minimum atomic E-state index is -1.16. The van der Waals surface area contributed by atoms with Crippen LogP contribution in [0, 0.1) is 13.8 Å². The van der Waals surface area contributed by atoms with E-state index in [1.165, 1.54) is 17.9 Å². The van der Waals surface area contributed by atoms with Gasteiger partial charge in [0.25, 0.3) is 5.91 Å². The first-order valence-corrected chi connectivity index (χ1v) is 16.5. The molecule has 0 atom stereocenters. The molecule has 0 unspecified atom stereocenters. The van der Waals surface area contributed by atoms with E-state index in [1.807, 2.05) is 45.0 Å². The normalized spacial score (nSPS) is 18.7. The molecular formula is C37H44N4O4. The SMILES string of the molecule is Cc1cc2c(cc1N1CCCCC1)Oc1cc(N3CCCCC3)c(C)cc1C21c2ccccc2C(=O)N1NC(=O)OC(C)(C)C. The van der Waals surface area contributed by atoms with Crippen LogP contribution in [0.4, 0.5) is 16.2 Å². The molecule has 0 saturated carbocycles. The van der Waals surface area contributed by atoms with Crippen molar-refractivity contribution in [1.29, 1.82) is 0 Å². The maximum Gasteiger partial charge on any atom is 0.426 e. The zero-order chi connectivity index (χ0) is 31.5. The van der Waals surface area contributed by atoms with Crippen molar-refractivity contribution >= 4 is 23.4 Å². The summed E-state index contributed by atoms with van der Waals surface area (Å²) >= 11 is 0. The molecule has 45 heavy (non-hydrogen) atoms. The van der Waals surface area contributed by atoms with E-state index in [0.717, 1.165) is 91.1 Å². The summed E-state index contributed by atoms with van der Waals surface area (Å²) in [5.74, 6) is 1.11. The fourth-order valence-corrected chi connectivity index (χ4v) is 7.74. The van der Waals surface area contributed by atoms with Crippen LogP contribution < -0.4 is 20.0 Å². The van der Waals surface area contributed by atoms with Crippen LogP contribution in [0.5, 0.6) is 11.5 Å². The summed E-state index contributed by atoms with van der Waals surface area (Å²) in [5.41, 5.74) is 8.55. The quantitative estimate of drug-likeness (QED) is 0.331. The van der Waals surface area contributed by atoms with Gasteiger partial charge in [-0.3, -0.25) is 4.79 Å². The zero-order valence-corrected chi connectivity index (χ0v) is 27.2. The van der Waals surface area contributed by atoms with Crippen molar-refractivity contribution in [3.63, 3.8) is 0 Å². The summed E-state index contributed by atoms with van der Waals surface area (Å²) in [6.07, 6.45) is 6.47. The highest BCUT2D eigenvalue weighted by atomic mass is 16.6. The van der Waals surface area contributed by atoms with Crippen LogP contribution in [0.2, 0.25) is 0 Å². The number of aryl methyl sites for hydroxylation is 2. The Morgan fingerprint density at radius 1 is 0.778 bits per heavy atom. The van der Waals surface area contributed by atoms with Gasteiger partial charge in [0.15, 0.2) is 0 Å². The number of carbonyl (C=O) groups excluding carboxylic acids is 2. The van der Waals surface area contributed by atoms with Gasteiger partial charge >= 0.3 is 6.09 Å². The van der Waals surface area contributed by atoms with Crippen molar-refractivity contribution in [3.05, 3.63) is 81.9 Å². The van der Waals surface area contributed by atoms with E-state index >= 15 is 0 Å². The summed E-state index contributed by atoms with van der Waals surface area (Å²) in [4.78, 5) is 32.7. The number of hydrazine groups is 1. The molecule has 0 radical (unpaired) electrons. The third-order valence-electron chi connectivity index (χ3n) is 9.68. The fourth-order valence-electron chi connectivity index (χ4n) is 7.74. The Morgan fingerprint density at radius 3 is 1.80 bits per heavy atom. The number of piperidine rings is 2. The Bertz CT molecular complexity index is 1590. The number of ether oxygens (including phenoxy) is 2. The third-order valence-corrected chi connectivity index (χ3v) is 9.68. The van der Waals surface area contributed by atoms with Crippen molar-refractivity contribution in [2.75, 3.05) is 36.0 Å². The van der Waals surface area contributed by atoms with Gasteiger partial charge in [-0.25, -0.2) is 15.2 Å². The molecule has 7 rings (SSSR count). The van der Waals surface area contributed by atoms with Gasteiger partial charge in [0, 0.05) is 71.9 Å². The lowest BCUT2D eigenvalue weighted by molar-refractivity contribution is 0.0181. The van der Waals surface area contributed by atoms with E-state index < -0.39 is 17.2 Å². The molecule has 3 aromatic rings. The highest BCUT2D eigenvalue weighted by Crippen LogP contribution is 2.58. The third kappa shape index (κ3) is 4.89. The predicted octanol–water partition coefficient (Wildman–Crippen LogP) is 7.58. The monoisotopic (exact) mass is 608 g/mol. The number of nitrogens with zero attached hydrogens (tertiary/aromatic N) is 3. The predicted molar refractivity (Wildman–Crippen MR) is 176 cm³/mol. The number of amides is 2. The molecule has 8 nitrogen and oxygen atoms in total. The van der Waals surface area contributed by atoms with Gasteiger partial charge in [0.2, 0.25) is 0 Å².